The van der Waals surface area contributed by atoms with Gasteiger partial charge < -0.3 is 14.4 Å². The van der Waals surface area contributed by atoms with Crippen molar-refractivity contribution < 1.29 is 14.3 Å². The minimum Gasteiger partial charge on any atom is -0.451 e. The molecule has 2 aromatic rings. The molecular formula is C15H18ClNO3. The highest BCUT2D eigenvalue weighted by Crippen LogP contribution is 2.28. The van der Waals surface area contributed by atoms with Gasteiger partial charge in [-0.1, -0.05) is 18.5 Å². The van der Waals surface area contributed by atoms with Gasteiger partial charge in [0.15, 0.2) is 5.76 Å². The van der Waals surface area contributed by atoms with Crippen molar-refractivity contribution in [1.29, 1.82) is 0 Å². The Bertz CT molecular complexity index is 615. The van der Waals surface area contributed by atoms with Crippen molar-refractivity contribution in [3.8, 4) is 0 Å². The molecule has 108 valence electrons. The van der Waals surface area contributed by atoms with Gasteiger partial charge in [-0.2, -0.15) is 0 Å². The van der Waals surface area contributed by atoms with Crippen molar-refractivity contribution in [2.75, 3.05) is 19.7 Å². The molecule has 0 bridgehead atoms. The number of furan rings is 1. The summed E-state index contributed by atoms with van der Waals surface area (Å²) in [7, 11) is 0. The summed E-state index contributed by atoms with van der Waals surface area (Å²) in [6.45, 7) is 4.68. The van der Waals surface area contributed by atoms with Crippen LogP contribution in [0.3, 0.4) is 0 Å². The largest absolute Gasteiger partial charge is 0.451 e. The highest BCUT2D eigenvalue weighted by Gasteiger charge is 2.22. The Kier molecular flexibility index (Phi) is 4.68. The molecule has 20 heavy (non-hydrogen) atoms. The number of hydrogen-bond donors (Lipinski definition) is 1. The van der Waals surface area contributed by atoms with E-state index in [0.717, 1.165) is 17.4 Å². The maximum atomic E-state index is 12.5. The molecule has 0 aliphatic heterocycles. The van der Waals surface area contributed by atoms with E-state index in [2.05, 4.69) is 0 Å². The molecule has 0 aliphatic carbocycles. The van der Waals surface area contributed by atoms with Crippen molar-refractivity contribution in [3.63, 3.8) is 0 Å². The molecule has 0 aliphatic rings. The molecule has 2 rings (SSSR count). The summed E-state index contributed by atoms with van der Waals surface area (Å²) in [5.41, 5.74) is 1.43. The minimum absolute atomic E-state index is 0.0587. The second kappa shape index (κ2) is 6.29. The van der Waals surface area contributed by atoms with Crippen LogP contribution in [0.5, 0.6) is 0 Å². The van der Waals surface area contributed by atoms with E-state index in [1.807, 2.05) is 13.8 Å². The highest BCUT2D eigenvalue weighted by atomic mass is 35.5. The molecule has 1 heterocycles. The van der Waals surface area contributed by atoms with Gasteiger partial charge in [0.25, 0.3) is 5.91 Å². The maximum absolute atomic E-state index is 12.5. The van der Waals surface area contributed by atoms with Gasteiger partial charge in [0, 0.05) is 29.1 Å². The summed E-state index contributed by atoms with van der Waals surface area (Å²) in [4.78, 5) is 14.1. The van der Waals surface area contributed by atoms with Crippen LogP contribution in [0.2, 0.25) is 5.02 Å². The fraction of sp³-hybridized carbons (Fsp3) is 0.400. The third kappa shape index (κ3) is 2.81. The smallest absolute Gasteiger partial charge is 0.289 e. The van der Waals surface area contributed by atoms with Crippen LogP contribution in [-0.4, -0.2) is 35.6 Å². The van der Waals surface area contributed by atoms with Gasteiger partial charge in [0.2, 0.25) is 0 Å². The number of carbonyl (C=O) groups excluding carboxylic acids is 1. The predicted molar refractivity (Wildman–Crippen MR) is 79.2 cm³/mol. The molecule has 1 aromatic heterocycles. The van der Waals surface area contributed by atoms with Crippen LogP contribution < -0.4 is 0 Å². The van der Waals surface area contributed by atoms with Crippen LogP contribution in [-0.2, 0) is 0 Å². The van der Waals surface area contributed by atoms with E-state index in [-0.39, 0.29) is 12.5 Å². The van der Waals surface area contributed by atoms with Crippen LogP contribution in [0, 0.1) is 6.92 Å². The molecule has 1 amide bonds. The first-order valence-electron chi connectivity index (χ1n) is 6.67. The summed E-state index contributed by atoms with van der Waals surface area (Å²) in [6, 6.07) is 5.29. The highest BCUT2D eigenvalue weighted by molar-refractivity contribution is 6.31. The lowest BCUT2D eigenvalue weighted by Gasteiger charge is -2.19. The number of carbonyl (C=O) groups is 1. The van der Waals surface area contributed by atoms with Gasteiger partial charge in [-0.15, -0.1) is 0 Å². The van der Waals surface area contributed by atoms with Crippen LogP contribution in [0.1, 0.15) is 29.5 Å². The Labute approximate surface area is 122 Å². The average Bonchev–Trinajstić information content (AvgIpc) is 2.75. The quantitative estimate of drug-likeness (QED) is 0.921. The maximum Gasteiger partial charge on any atom is 0.289 e. The van der Waals surface area contributed by atoms with Gasteiger partial charge >= 0.3 is 0 Å². The lowest BCUT2D eigenvalue weighted by Crippen LogP contribution is -2.34. The number of aliphatic hydroxyl groups is 1. The van der Waals surface area contributed by atoms with Gasteiger partial charge in [-0.3, -0.25) is 4.79 Å². The van der Waals surface area contributed by atoms with E-state index in [9.17, 15) is 4.79 Å². The summed E-state index contributed by atoms with van der Waals surface area (Å²) < 4.78 is 5.66. The fourth-order valence-electron chi connectivity index (χ4n) is 2.25. The standard InChI is InChI=1S/C15H18ClNO3/c1-3-6-17(7-8-18)15(19)14-10(2)12-9-11(16)4-5-13(12)20-14/h4-5,9,18H,3,6-8H2,1-2H3. The Morgan fingerprint density at radius 1 is 1.40 bits per heavy atom. The molecule has 0 radical (unpaired) electrons. The lowest BCUT2D eigenvalue weighted by atomic mass is 10.1. The number of halogens is 1. The van der Waals surface area contributed by atoms with E-state index in [0.29, 0.717) is 29.5 Å². The van der Waals surface area contributed by atoms with E-state index in [1.54, 1.807) is 23.1 Å². The molecular weight excluding hydrogens is 278 g/mol. The first kappa shape index (κ1) is 14.9. The molecule has 0 spiro atoms. The molecule has 5 heteroatoms. The van der Waals surface area contributed by atoms with E-state index < -0.39 is 0 Å². The van der Waals surface area contributed by atoms with Crippen LogP contribution in [0.15, 0.2) is 22.6 Å². The Morgan fingerprint density at radius 3 is 2.80 bits per heavy atom. The number of aryl methyl sites for hydroxylation is 1. The van der Waals surface area contributed by atoms with Crippen molar-refractivity contribution in [2.24, 2.45) is 0 Å². The zero-order valence-corrected chi connectivity index (χ0v) is 12.4. The molecule has 0 atom stereocenters. The second-order valence-corrected chi connectivity index (χ2v) is 5.15. The summed E-state index contributed by atoms with van der Waals surface area (Å²) >= 11 is 5.97. The van der Waals surface area contributed by atoms with E-state index >= 15 is 0 Å². The zero-order valence-electron chi connectivity index (χ0n) is 11.6. The van der Waals surface area contributed by atoms with Crippen LogP contribution in [0.25, 0.3) is 11.0 Å². The average molecular weight is 296 g/mol. The van der Waals surface area contributed by atoms with E-state index in [4.69, 9.17) is 21.1 Å². The number of benzene rings is 1. The van der Waals surface area contributed by atoms with Crippen molar-refractivity contribution in [3.05, 3.63) is 34.5 Å². The Balaban J connectivity index is 2.40. The van der Waals surface area contributed by atoms with Gasteiger partial charge in [-0.05, 0) is 31.5 Å². The third-order valence-corrected chi connectivity index (χ3v) is 3.48. The number of rotatable bonds is 5. The number of amides is 1. The van der Waals surface area contributed by atoms with Gasteiger partial charge in [0.05, 0.1) is 6.61 Å². The first-order chi connectivity index (χ1) is 9.58. The summed E-state index contributed by atoms with van der Waals surface area (Å²) in [5, 5.41) is 10.5. The number of nitrogens with zero attached hydrogens (tertiary/aromatic N) is 1. The van der Waals surface area contributed by atoms with Crippen LogP contribution in [0.4, 0.5) is 0 Å². The van der Waals surface area contributed by atoms with Crippen molar-refractivity contribution in [1.82, 2.24) is 4.90 Å². The van der Waals surface area contributed by atoms with Crippen molar-refractivity contribution in [2.45, 2.75) is 20.3 Å². The zero-order chi connectivity index (χ0) is 14.7. The lowest BCUT2D eigenvalue weighted by molar-refractivity contribution is 0.0691. The first-order valence-corrected chi connectivity index (χ1v) is 7.05. The predicted octanol–water partition coefficient (Wildman–Crippen LogP) is 3.24. The minimum atomic E-state index is -0.189. The van der Waals surface area contributed by atoms with Crippen LogP contribution >= 0.6 is 11.6 Å². The van der Waals surface area contributed by atoms with Gasteiger partial charge in [0.1, 0.15) is 5.58 Å². The number of fused-ring (bicyclic) bond motifs is 1. The number of aliphatic hydroxyl groups excluding tert-OH is 1. The number of hydrogen-bond acceptors (Lipinski definition) is 3. The molecule has 0 unspecified atom stereocenters. The Morgan fingerprint density at radius 2 is 2.15 bits per heavy atom. The fourth-order valence-corrected chi connectivity index (χ4v) is 2.42. The Hall–Kier alpha value is -1.52. The van der Waals surface area contributed by atoms with E-state index in [1.165, 1.54) is 0 Å². The molecule has 0 saturated carbocycles. The summed E-state index contributed by atoms with van der Waals surface area (Å²) in [5.74, 6) is 0.134. The molecule has 4 nitrogen and oxygen atoms in total. The SMILES string of the molecule is CCCN(CCO)C(=O)c1oc2ccc(Cl)cc2c1C. The topological polar surface area (TPSA) is 53.7 Å². The van der Waals surface area contributed by atoms with Gasteiger partial charge in [-0.25, -0.2) is 0 Å². The summed E-state index contributed by atoms with van der Waals surface area (Å²) in [6.07, 6.45) is 0.830. The third-order valence-electron chi connectivity index (χ3n) is 3.24. The normalized spacial score (nSPS) is 11.0. The van der Waals surface area contributed by atoms with Crippen molar-refractivity contribution >= 4 is 28.5 Å². The molecule has 0 fully saturated rings. The molecule has 1 aromatic carbocycles. The second-order valence-electron chi connectivity index (χ2n) is 4.71. The molecule has 0 saturated heterocycles. The molecule has 1 N–H and O–H groups in total. The monoisotopic (exact) mass is 295 g/mol.